The molecule has 1 amide bonds. The van der Waals surface area contributed by atoms with Gasteiger partial charge in [-0.1, -0.05) is 30.3 Å². The Morgan fingerprint density at radius 2 is 1.80 bits per heavy atom. The van der Waals surface area contributed by atoms with Crippen molar-refractivity contribution < 1.29 is 4.79 Å². The number of amides is 1. The van der Waals surface area contributed by atoms with Crippen LogP contribution in [0.4, 0.5) is 0 Å². The van der Waals surface area contributed by atoms with Gasteiger partial charge in [-0.3, -0.25) is 9.69 Å². The van der Waals surface area contributed by atoms with Crippen LogP contribution in [0.5, 0.6) is 0 Å². The molecule has 2 saturated heterocycles. The Morgan fingerprint density at radius 1 is 1.08 bits per heavy atom. The molecule has 25 heavy (non-hydrogen) atoms. The summed E-state index contributed by atoms with van der Waals surface area (Å²) in [5.74, 6) is 0.212. The van der Waals surface area contributed by atoms with Crippen LogP contribution in [0.2, 0.25) is 0 Å². The molecule has 1 aromatic rings. The molecule has 0 saturated carbocycles. The minimum atomic E-state index is -0.441. The third-order valence-electron chi connectivity index (χ3n) is 5.68. The molecule has 134 valence electrons. The lowest BCUT2D eigenvalue weighted by Crippen LogP contribution is -2.48. The predicted octanol–water partition coefficient (Wildman–Crippen LogP) is 1.71. The number of likely N-dealkylation sites (N-methyl/N-ethyl adjacent to an activating group) is 1. The molecule has 2 aliphatic rings. The van der Waals surface area contributed by atoms with Gasteiger partial charge >= 0.3 is 0 Å². The monoisotopic (exact) mass is 340 g/mol. The highest BCUT2D eigenvalue weighted by atomic mass is 16.2. The van der Waals surface area contributed by atoms with E-state index in [-0.39, 0.29) is 5.91 Å². The maximum atomic E-state index is 12.7. The van der Waals surface area contributed by atoms with E-state index < -0.39 is 5.41 Å². The van der Waals surface area contributed by atoms with Gasteiger partial charge in [0.15, 0.2) is 0 Å². The lowest BCUT2D eigenvalue weighted by atomic mass is 9.74. The molecular formula is C20H28N4O. The van der Waals surface area contributed by atoms with E-state index in [0.717, 1.165) is 51.0 Å². The molecule has 3 rings (SSSR count). The van der Waals surface area contributed by atoms with Gasteiger partial charge in [0.05, 0.1) is 18.0 Å². The molecule has 5 nitrogen and oxygen atoms in total. The molecule has 2 fully saturated rings. The second kappa shape index (κ2) is 7.99. The average molecular weight is 340 g/mol. The van der Waals surface area contributed by atoms with Crippen LogP contribution in [0.25, 0.3) is 0 Å². The number of carbonyl (C=O) groups is 1. The van der Waals surface area contributed by atoms with Gasteiger partial charge in [0, 0.05) is 26.2 Å². The van der Waals surface area contributed by atoms with Gasteiger partial charge in [-0.15, -0.1) is 0 Å². The van der Waals surface area contributed by atoms with Crippen molar-refractivity contribution in [1.82, 2.24) is 14.7 Å². The Morgan fingerprint density at radius 3 is 2.48 bits per heavy atom. The van der Waals surface area contributed by atoms with Crippen LogP contribution in [0.1, 0.15) is 24.8 Å². The standard InChI is InChI=1S/C20H28N4O/c1-22-10-5-11-23(15-14-22)16-19(25)24-12-8-20(17-21,9-13-24)18-6-3-2-4-7-18/h2-4,6-7H,5,8-16H2,1H3. The highest BCUT2D eigenvalue weighted by molar-refractivity contribution is 5.78. The van der Waals surface area contributed by atoms with Crippen LogP contribution in [0.3, 0.4) is 0 Å². The largest absolute Gasteiger partial charge is 0.341 e. The predicted molar refractivity (Wildman–Crippen MR) is 98.1 cm³/mol. The normalized spacial score (nSPS) is 22.2. The maximum absolute atomic E-state index is 12.7. The van der Waals surface area contributed by atoms with Crippen molar-refractivity contribution in [2.45, 2.75) is 24.7 Å². The van der Waals surface area contributed by atoms with Gasteiger partial charge in [-0.05, 0) is 45.0 Å². The molecule has 0 aromatic heterocycles. The minimum Gasteiger partial charge on any atom is -0.341 e. The van der Waals surface area contributed by atoms with Crippen molar-refractivity contribution in [3.63, 3.8) is 0 Å². The van der Waals surface area contributed by atoms with Crippen molar-refractivity contribution >= 4 is 5.91 Å². The van der Waals surface area contributed by atoms with E-state index in [4.69, 9.17) is 0 Å². The number of nitrogens with zero attached hydrogens (tertiary/aromatic N) is 4. The molecule has 5 heteroatoms. The van der Waals surface area contributed by atoms with Gasteiger partial charge in [0.1, 0.15) is 0 Å². The first-order valence-corrected chi connectivity index (χ1v) is 9.28. The first-order chi connectivity index (χ1) is 12.1. The summed E-state index contributed by atoms with van der Waals surface area (Å²) in [7, 11) is 2.14. The number of hydrogen-bond donors (Lipinski definition) is 0. The summed E-state index contributed by atoms with van der Waals surface area (Å²) in [5.41, 5.74) is 0.642. The SMILES string of the molecule is CN1CCCN(CC(=O)N2CCC(C#N)(c3ccccc3)CC2)CC1. The number of rotatable bonds is 3. The average Bonchev–Trinajstić information content (AvgIpc) is 2.86. The fourth-order valence-electron chi connectivity index (χ4n) is 3.91. The van der Waals surface area contributed by atoms with Crippen molar-refractivity contribution in [1.29, 1.82) is 5.26 Å². The smallest absolute Gasteiger partial charge is 0.236 e. The zero-order valence-corrected chi connectivity index (χ0v) is 15.2. The van der Waals surface area contributed by atoms with Crippen LogP contribution in [-0.2, 0) is 10.2 Å². The highest BCUT2D eigenvalue weighted by Crippen LogP contribution is 2.34. The summed E-state index contributed by atoms with van der Waals surface area (Å²) >= 11 is 0. The molecule has 0 bridgehead atoms. The molecule has 2 heterocycles. The van der Waals surface area contributed by atoms with Crippen LogP contribution >= 0.6 is 0 Å². The van der Waals surface area contributed by atoms with E-state index in [1.165, 1.54) is 0 Å². The van der Waals surface area contributed by atoms with E-state index in [1.807, 2.05) is 35.2 Å². The zero-order valence-electron chi connectivity index (χ0n) is 15.2. The number of nitriles is 1. The Hall–Kier alpha value is -1.90. The molecule has 0 aliphatic carbocycles. The Labute approximate surface area is 150 Å². The van der Waals surface area contributed by atoms with Crippen molar-refractivity contribution in [2.24, 2.45) is 0 Å². The fraction of sp³-hybridized carbons (Fsp3) is 0.600. The van der Waals surface area contributed by atoms with Crippen molar-refractivity contribution in [3.8, 4) is 6.07 Å². The Bertz CT molecular complexity index is 616. The third kappa shape index (κ3) is 4.20. The van der Waals surface area contributed by atoms with Gasteiger partial charge < -0.3 is 9.80 Å². The van der Waals surface area contributed by atoms with Crippen molar-refractivity contribution in [3.05, 3.63) is 35.9 Å². The van der Waals surface area contributed by atoms with E-state index in [2.05, 4.69) is 22.9 Å². The summed E-state index contributed by atoms with van der Waals surface area (Å²) in [6, 6.07) is 12.6. The quantitative estimate of drug-likeness (QED) is 0.840. The summed E-state index contributed by atoms with van der Waals surface area (Å²) < 4.78 is 0. The molecular weight excluding hydrogens is 312 g/mol. The van der Waals surface area contributed by atoms with Crippen molar-refractivity contribution in [2.75, 3.05) is 52.9 Å². The van der Waals surface area contributed by atoms with E-state index in [1.54, 1.807) is 0 Å². The first kappa shape index (κ1) is 17.9. The van der Waals surface area contributed by atoms with Crippen LogP contribution < -0.4 is 0 Å². The molecule has 1 aromatic carbocycles. The number of piperidine rings is 1. The molecule has 0 unspecified atom stereocenters. The number of carbonyl (C=O) groups excluding carboxylic acids is 1. The lowest BCUT2D eigenvalue weighted by molar-refractivity contribution is -0.133. The minimum absolute atomic E-state index is 0.212. The van der Waals surface area contributed by atoms with Gasteiger partial charge in [-0.25, -0.2) is 0 Å². The number of benzene rings is 1. The molecule has 0 spiro atoms. The first-order valence-electron chi connectivity index (χ1n) is 9.28. The van der Waals surface area contributed by atoms with Crippen LogP contribution in [0.15, 0.2) is 30.3 Å². The second-order valence-corrected chi connectivity index (χ2v) is 7.37. The molecule has 0 N–H and O–H groups in total. The molecule has 2 aliphatic heterocycles. The zero-order chi connectivity index (χ0) is 17.7. The Balaban J connectivity index is 1.56. The lowest BCUT2D eigenvalue weighted by Gasteiger charge is -2.38. The number of likely N-dealkylation sites (tertiary alicyclic amines) is 1. The highest BCUT2D eigenvalue weighted by Gasteiger charge is 2.37. The summed E-state index contributed by atoms with van der Waals surface area (Å²) in [6.45, 7) is 5.95. The summed E-state index contributed by atoms with van der Waals surface area (Å²) in [5, 5.41) is 9.77. The van der Waals surface area contributed by atoms with Gasteiger partial charge in [0.2, 0.25) is 5.91 Å². The fourth-order valence-corrected chi connectivity index (χ4v) is 3.91. The second-order valence-electron chi connectivity index (χ2n) is 7.37. The molecule has 0 radical (unpaired) electrons. The summed E-state index contributed by atoms with van der Waals surface area (Å²) in [4.78, 5) is 19.2. The topological polar surface area (TPSA) is 50.6 Å². The third-order valence-corrected chi connectivity index (χ3v) is 5.68. The van der Waals surface area contributed by atoms with E-state index in [9.17, 15) is 10.1 Å². The molecule has 0 atom stereocenters. The maximum Gasteiger partial charge on any atom is 0.236 e. The van der Waals surface area contributed by atoms with Crippen LogP contribution in [0, 0.1) is 11.3 Å². The van der Waals surface area contributed by atoms with Gasteiger partial charge in [-0.2, -0.15) is 5.26 Å². The van der Waals surface area contributed by atoms with E-state index >= 15 is 0 Å². The van der Waals surface area contributed by atoms with Crippen LogP contribution in [-0.4, -0.2) is 73.5 Å². The Kier molecular flexibility index (Phi) is 5.72. The van der Waals surface area contributed by atoms with E-state index in [0.29, 0.717) is 19.6 Å². The van der Waals surface area contributed by atoms with Gasteiger partial charge in [0.25, 0.3) is 0 Å². The summed E-state index contributed by atoms with van der Waals surface area (Å²) in [6.07, 6.45) is 2.57. The number of hydrogen-bond acceptors (Lipinski definition) is 4.